The van der Waals surface area contributed by atoms with Crippen LogP contribution in [-0.4, -0.2) is 31.6 Å². The molecular formula is C17H25NO. The summed E-state index contributed by atoms with van der Waals surface area (Å²) in [7, 11) is 1.74. The van der Waals surface area contributed by atoms with Crippen LogP contribution >= 0.6 is 0 Å². The van der Waals surface area contributed by atoms with E-state index in [0.717, 1.165) is 31.8 Å². The number of methoxy groups -OCH3 is 1. The van der Waals surface area contributed by atoms with Gasteiger partial charge in [0.2, 0.25) is 0 Å². The molecule has 0 amide bonds. The lowest BCUT2D eigenvalue weighted by molar-refractivity contribution is 0.300. The van der Waals surface area contributed by atoms with Gasteiger partial charge >= 0.3 is 0 Å². The fourth-order valence-corrected chi connectivity index (χ4v) is 2.72. The van der Waals surface area contributed by atoms with Gasteiger partial charge in [0.05, 0.1) is 7.11 Å². The van der Waals surface area contributed by atoms with Crippen LogP contribution in [0, 0.1) is 0 Å². The maximum Gasteiger partial charge on any atom is 0.119 e. The second kappa shape index (κ2) is 6.25. The van der Waals surface area contributed by atoms with Gasteiger partial charge in [-0.1, -0.05) is 24.6 Å². The zero-order valence-electron chi connectivity index (χ0n) is 12.6. The van der Waals surface area contributed by atoms with Gasteiger partial charge in [0.25, 0.3) is 0 Å². The van der Waals surface area contributed by atoms with Gasteiger partial charge in [-0.3, -0.25) is 4.90 Å². The number of hydrogen-bond donors (Lipinski definition) is 0. The number of benzene rings is 1. The van der Waals surface area contributed by atoms with Crippen LogP contribution in [0.4, 0.5) is 0 Å². The first-order valence-electron chi connectivity index (χ1n) is 7.12. The van der Waals surface area contributed by atoms with Crippen molar-refractivity contribution in [3.63, 3.8) is 0 Å². The summed E-state index contributed by atoms with van der Waals surface area (Å²) in [5, 5.41) is 0. The molecule has 0 N–H and O–H groups in total. The van der Waals surface area contributed by atoms with Gasteiger partial charge in [0, 0.05) is 19.6 Å². The summed E-state index contributed by atoms with van der Waals surface area (Å²) in [6.45, 7) is 10.00. The molecule has 1 aliphatic rings. The van der Waals surface area contributed by atoms with Crippen LogP contribution in [0.15, 0.2) is 29.8 Å². The zero-order valence-corrected chi connectivity index (χ0v) is 12.6. The van der Waals surface area contributed by atoms with Crippen molar-refractivity contribution in [2.45, 2.75) is 33.1 Å². The third-order valence-electron chi connectivity index (χ3n) is 3.87. The molecule has 0 spiro atoms. The highest BCUT2D eigenvalue weighted by Gasteiger charge is 2.19. The van der Waals surface area contributed by atoms with E-state index in [0.29, 0.717) is 5.92 Å². The molecule has 0 saturated carbocycles. The second-order valence-corrected chi connectivity index (χ2v) is 5.76. The average molecular weight is 259 g/mol. The fourth-order valence-electron chi connectivity index (χ4n) is 2.72. The normalized spacial score (nSPS) is 19.5. The first-order chi connectivity index (χ1) is 9.10. The van der Waals surface area contributed by atoms with E-state index >= 15 is 0 Å². The predicted octanol–water partition coefficient (Wildman–Crippen LogP) is 3.62. The summed E-state index contributed by atoms with van der Waals surface area (Å²) in [6.07, 6.45) is 3.46. The second-order valence-electron chi connectivity index (χ2n) is 5.76. The van der Waals surface area contributed by atoms with Gasteiger partial charge in [-0.25, -0.2) is 0 Å². The van der Waals surface area contributed by atoms with E-state index in [1.54, 1.807) is 7.11 Å². The highest BCUT2D eigenvalue weighted by molar-refractivity contribution is 5.38. The fraction of sp³-hybridized carbons (Fsp3) is 0.529. The Morgan fingerprint density at radius 2 is 2.21 bits per heavy atom. The van der Waals surface area contributed by atoms with Crippen LogP contribution < -0.4 is 4.74 Å². The topological polar surface area (TPSA) is 12.5 Å². The third-order valence-corrected chi connectivity index (χ3v) is 3.87. The number of ether oxygens (including phenoxy) is 1. The molecule has 1 heterocycles. The molecule has 2 rings (SSSR count). The average Bonchev–Trinajstić information content (AvgIpc) is 2.56. The van der Waals surface area contributed by atoms with Crippen LogP contribution in [0.25, 0.3) is 0 Å². The molecule has 0 aromatic heterocycles. The molecule has 1 aromatic carbocycles. The lowest BCUT2D eigenvalue weighted by Gasteiger charge is -2.21. The summed E-state index contributed by atoms with van der Waals surface area (Å²) in [6, 6.07) is 6.52. The maximum absolute atomic E-state index is 5.35. The van der Waals surface area contributed by atoms with Crippen LogP contribution in [0.1, 0.15) is 37.8 Å². The number of hydrogen-bond acceptors (Lipinski definition) is 2. The number of fused-ring (bicyclic) bond motifs is 1. The maximum atomic E-state index is 5.35. The molecule has 1 atom stereocenters. The number of allylic oxidation sites excluding steroid dienone is 1. The van der Waals surface area contributed by atoms with E-state index in [-0.39, 0.29) is 0 Å². The monoisotopic (exact) mass is 259 g/mol. The summed E-state index contributed by atoms with van der Waals surface area (Å²) >= 11 is 0. The van der Waals surface area contributed by atoms with Crippen LogP contribution in [0.3, 0.4) is 0 Å². The lowest BCUT2D eigenvalue weighted by Crippen LogP contribution is -2.28. The summed E-state index contributed by atoms with van der Waals surface area (Å²) < 4.78 is 5.35. The zero-order chi connectivity index (χ0) is 13.8. The van der Waals surface area contributed by atoms with Crippen LogP contribution in [-0.2, 0) is 6.42 Å². The number of nitrogens with zero attached hydrogens (tertiary/aromatic N) is 1. The van der Waals surface area contributed by atoms with Crippen molar-refractivity contribution in [2.24, 2.45) is 0 Å². The molecule has 0 fully saturated rings. The van der Waals surface area contributed by atoms with E-state index < -0.39 is 0 Å². The molecular weight excluding hydrogens is 234 g/mol. The first kappa shape index (κ1) is 14.1. The highest BCUT2D eigenvalue weighted by Crippen LogP contribution is 2.28. The van der Waals surface area contributed by atoms with Gasteiger partial charge in [-0.15, -0.1) is 0 Å². The molecule has 2 heteroatoms. The van der Waals surface area contributed by atoms with Gasteiger partial charge in [-0.05, 0) is 49.4 Å². The van der Waals surface area contributed by atoms with Gasteiger partial charge < -0.3 is 4.74 Å². The van der Waals surface area contributed by atoms with Crippen molar-refractivity contribution in [1.82, 2.24) is 4.90 Å². The Morgan fingerprint density at radius 1 is 1.42 bits per heavy atom. The molecule has 1 aromatic rings. The lowest BCUT2D eigenvalue weighted by atomic mass is 9.95. The molecule has 0 bridgehead atoms. The van der Waals surface area contributed by atoms with Crippen molar-refractivity contribution in [3.8, 4) is 5.75 Å². The largest absolute Gasteiger partial charge is 0.497 e. The minimum atomic E-state index is 0.568. The minimum absolute atomic E-state index is 0.568. The summed E-state index contributed by atoms with van der Waals surface area (Å²) in [5.74, 6) is 1.54. The van der Waals surface area contributed by atoms with Crippen molar-refractivity contribution < 1.29 is 4.74 Å². The van der Waals surface area contributed by atoms with E-state index in [1.165, 1.54) is 16.7 Å². The Kier molecular flexibility index (Phi) is 4.65. The highest BCUT2D eigenvalue weighted by atomic mass is 16.5. The molecule has 1 unspecified atom stereocenters. The standard InChI is InChI=1S/C17H25NO/c1-13(2)7-9-18-10-8-15-5-6-16(19-4)11-17(15)14(3)12-18/h5-7,11,14H,8-10,12H2,1-4H3. The van der Waals surface area contributed by atoms with Crippen molar-refractivity contribution in [2.75, 3.05) is 26.7 Å². The van der Waals surface area contributed by atoms with Gasteiger partial charge in [-0.2, -0.15) is 0 Å². The van der Waals surface area contributed by atoms with Crippen molar-refractivity contribution in [1.29, 1.82) is 0 Å². The van der Waals surface area contributed by atoms with Crippen molar-refractivity contribution >= 4 is 0 Å². The van der Waals surface area contributed by atoms with Crippen LogP contribution in [0.5, 0.6) is 5.75 Å². The van der Waals surface area contributed by atoms with E-state index in [2.05, 4.69) is 49.9 Å². The minimum Gasteiger partial charge on any atom is -0.497 e. The first-order valence-corrected chi connectivity index (χ1v) is 7.12. The van der Waals surface area contributed by atoms with Gasteiger partial charge in [0.1, 0.15) is 5.75 Å². The molecule has 0 saturated heterocycles. The molecule has 104 valence electrons. The Labute approximate surface area is 117 Å². The van der Waals surface area contributed by atoms with E-state index in [4.69, 9.17) is 4.74 Å². The van der Waals surface area contributed by atoms with Crippen molar-refractivity contribution in [3.05, 3.63) is 41.0 Å². The summed E-state index contributed by atoms with van der Waals surface area (Å²) in [4.78, 5) is 2.55. The Balaban J connectivity index is 2.15. The molecule has 19 heavy (non-hydrogen) atoms. The number of rotatable bonds is 3. The van der Waals surface area contributed by atoms with E-state index in [9.17, 15) is 0 Å². The summed E-state index contributed by atoms with van der Waals surface area (Å²) in [5.41, 5.74) is 4.34. The quantitative estimate of drug-likeness (QED) is 0.769. The Bertz CT molecular complexity index is 460. The van der Waals surface area contributed by atoms with Crippen LogP contribution in [0.2, 0.25) is 0 Å². The molecule has 0 aliphatic carbocycles. The Hall–Kier alpha value is -1.28. The van der Waals surface area contributed by atoms with Gasteiger partial charge in [0.15, 0.2) is 0 Å². The molecule has 2 nitrogen and oxygen atoms in total. The Morgan fingerprint density at radius 3 is 2.89 bits per heavy atom. The molecule has 1 aliphatic heterocycles. The smallest absolute Gasteiger partial charge is 0.119 e. The van der Waals surface area contributed by atoms with E-state index in [1.807, 2.05) is 0 Å². The third kappa shape index (κ3) is 3.60. The molecule has 0 radical (unpaired) electrons. The SMILES string of the molecule is COc1ccc2c(c1)C(C)CN(CC=C(C)C)CC2. The predicted molar refractivity (Wildman–Crippen MR) is 81.0 cm³/mol.